The fourth-order valence-corrected chi connectivity index (χ4v) is 5.16. The summed E-state index contributed by atoms with van der Waals surface area (Å²) < 4.78 is 7.38. The Hall–Kier alpha value is -2.96. The molecule has 3 heterocycles. The lowest BCUT2D eigenvalue weighted by Gasteiger charge is -2.37. The third kappa shape index (κ3) is 3.66. The van der Waals surface area contributed by atoms with Gasteiger partial charge in [-0.2, -0.15) is 5.10 Å². The molecule has 1 aliphatic carbocycles. The van der Waals surface area contributed by atoms with E-state index in [2.05, 4.69) is 40.7 Å². The van der Waals surface area contributed by atoms with Crippen molar-refractivity contribution in [2.24, 2.45) is 0 Å². The Bertz CT molecular complexity index is 1080. The number of hydrogen-bond acceptors (Lipinski definition) is 3. The van der Waals surface area contributed by atoms with Crippen LogP contribution in [0.15, 0.2) is 30.6 Å². The highest BCUT2D eigenvalue weighted by atomic mass is 16.5. The largest absolute Gasteiger partial charge is 0.497 e. The fourth-order valence-electron chi connectivity index (χ4n) is 5.16. The maximum Gasteiger partial charge on any atom is 0.318 e. The lowest BCUT2D eigenvalue weighted by atomic mass is 9.93. The molecule has 0 unspecified atom stereocenters. The van der Waals surface area contributed by atoms with Crippen molar-refractivity contribution in [1.82, 2.24) is 25.0 Å². The van der Waals surface area contributed by atoms with Crippen LogP contribution in [0.4, 0.5) is 4.79 Å². The van der Waals surface area contributed by atoms with Crippen LogP contribution in [-0.4, -0.2) is 45.4 Å². The summed E-state index contributed by atoms with van der Waals surface area (Å²) in [6, 6.07) is 6.27. The zero-order valence-corrected chi connectivity index (χ0v) is 18.4. The molecular weight excluding hydrogens is 390 g/mol. The Labute approximate surface area is 182 Å². The smallest absolute Gasteiger partial charge is 0.318 e. The minimum absolute atomic E-state index is 0.0306. The second-order valence-corrected chi connectivity index (χ2v) is 8.69. The molecular formula is C24H31N5O2. The first-order chi connectivity index (χ1) is 15.2. The number of carbonyl (C=O) groups is 1. The van der Waals surface area contributed by atoms with Gasteiger partial charge in [-0.05, 0) is 49.9 Å². The van der Waals surface area contributed by atoms with Gasteiger partial charge in [0, 0.05) is 47.5 Å². The van der Waals surface area contributed by atoms with E-state index in [0.29, 0.717) is 6.54 Å². The average molecular weight is 422 g/mol. The van der Waals surface area contributed by atoms with Gasteiger partial charge >= 0.3 is 6.03 Å². The minimum atomic E-state index is -0.175. The molecule has 0 spiro atoms. The fraction of sp³-hybridized carbons (Fsp3) is 0.500. The molecule has 2 N–H and O–H groups in total. The van der Waals surface area contributed by atoms with Crippen molar-refractivity contribution >= 4 is 16.9 Å². The van der Waals surface area contributed by atoms with Crippen molar-refractivity contribution in [2.45, 2.75) is 64.1 Å². The number of amides is 2. The molecule has 2 amide bonds. The monoisotopic (exact) mass is 421 g/mol. The normalized spacial score (nSPS) is 19.4. The topological polar surface area (TPSA) is 75.2 Å². The van der Waals surface area contributed by atoms with E-state index in [1.54, 1.807) is 7.11 Å². The predicted octanol–water partition coefficient (Wildman–Crippen LogP) is 4.38. The quantitative estimate of drug-likeness (QED) is 0.656. The van der Waals surface area contributed by atoms with Gasteiger partial charge in [0.15, 0.2) is 0 Å². The number of aromatic amines is 1. The molecule has 1 aliphatic heterocycles. The Balaban J connectivity index is 1.54. The zero-order chi connectivity index (χ0) is 21.4. The summed E-state index contributed by atoms with van der Waals surface area (Å²) >= 11 is 0. The number of H-pyrrole nitrogens is 1. The second kappa shape index (κ2) is 8.29. The van der Waals surface area contributed by atoms with Crippen LogP contribution in [0.5, 0.6) is 5.75 Å². The molecule has 5 rings (SSSR count). The summed E-state index contributed by atoms with van der Waals surface area (Å²) in [5.41, 5.74) is 4.47. The summed E-state index contributed by atoms with van der Waals surface area (Å²) in [6.07, 6.45) is 10.6. The summed E-state index contributed by atoms with van der Waals surface area (Å²) in [4.78, 5) is 19.0. The number of fused-ring (bicyclic) bond motifs is 3. The van der Waals surface area contributed by atoms with Crippen LogP contribution in [0, 0.1) is 0 Å². The van der Waals surface area contributed by atoms with Gasteiger partial charge in [-0.25, -0.2) is 4.79 Å². The molecule has 0 radical (unpaired) electrons. The highest BCUT2D eigenvalue weighted by Gasteiger charge is 2.36. The molecule has 7 heteroatoms. The number of rotatable bonds is 4. The van der Waals surface area contributed by atoms with Gasteiger partial charge in [0.2, 0.25) is 0 Å². The Morgan fingerprint density at radius 2 is 2.13 bits per heavy atom. The molecule has 7 nitrogen and oxygen atoms in total. The molecule has 2 aromatic heterocycles. The number of urea groups is 1. The molecule has 1 aromatic carbocycles. The van der Waals surface area contributed by atoms with E-state index in [-0.39, 0.29) is 18.1 Å². The molecule has 3 aromatic rings. The predicted molar refractivity (Wildman–Crippen MR) is 120 cm³/mol. The molecule has 2 aliphatic rings. The third-order valence-electron chi connectivity index (χ3n) is 6.82. The van der Waals surface area contributed by atoms with Crippen molar-refractivity contribution in [3.63, 3.8) is 0 Å². The van der Waals surface area contributed by atoms with Crippen molar-refractivity contribution in [3.8, 4) is 5.75 Å². The number of nitrogens with zero attached hydrogens (tertiary/aromatic N) is 3. The van der Waals surface area contributed by atoms with Crippen LogP contribution in [0.2, 0.25) is 0 Å². The molecule has 1 saturated carbocycles. The first-order valence-corrected chi connectivity index (χ1v) is 11.5. The highest BCUT2D eigenvalue weighted by molar-refractivity contribution is 5.87. The molecule has 1 fully saturated rings. The number of ether oxygens (including phenoxy) is 1. The van der Waals surface area contributed by atoms with Gasteiger partial charge in [0.1, 0.15) is 11.8 Å². The summed E-state index contributed by atoms with van der Waals surface area (Å²) in [5.74, 6) is 0.849. The van der Waals surface area contributed by atoms with E-state index in [9.17, 15) is 4.79 Å². The van der Waals surface area contributed by atoms with Crippen LogP contribution in [-0.2, 0) is 13.0 Å². The maximum atomic E-state index is 13.4. The number of benzene rings is 1. The van der Waals surface area contributed by atoms with Gasteiger partial charge in [0.05, 0.1) is 13.3 Å². The Kier molecular flexibility index (Phi) is 5.34. The number of carbonyl (C=O) groups excluding carboxylic acids is 1. The highest BCUT2D eigenvalue weighted by Crippen LogP contribution is 2.39. The maximum absolute atomic E-state index is 13.4. The van der Waals surface area contributed by atoms with Gasteiger partial charge in [-0.15, -0.1) is 0 Å². The number of nitrogens with one attached hydrogen (secondary N) is 2. The second-order valence-electron chi connectivity index (χ2n) is 8.69. The summed E-state index contributed by atoms with van der Waals surface area (Å²) in [7, 11) is 1.69. The van der Waals surface area contributed by atoms with Crippen LogP contribution in [0.1, 0.15) is 61.9 Å². The first-order valence-electron chi connectivity index (χ1n) is 11.5. The van der Waals surface area contributed by atoms with Crippen LogP contribution >= 0.6 is 0 Å². The van der Waals surface area contributed by atoms with E-state index >= 15 is 0 Å². The van der Waals surface area contributed by atoms with Gasteiger partial charge in [-0.1, -0.05) is 19.3 Å². The zero-order valence-electron chi connectivity index (χ0n) is 18.4. The number of methoxy groups -OCH3 is 1. The molecule has 31 heavy (non-hydrogen) atoms. The molecule has 0 bridgehead atoms. The van der Waals surface area contributed by atoms with Gasteiger partial charge in [-0.3, -0.25) is 4.68 Å². The summed E-state index contributed by atoms with van der Waals surface area (Å²) in [6.45, 7) is 3.56. The van der Waals surface area contributed by atoms with Crippen LogP contribution in [0.3, 0.4) is 0 Å². The molecule has 164 valence electrons. The van der Waals surface area contributed by atoms with Crippen LogP contribution < -0.4 is 10.1 Å². The molecule has 0 saturated heterocycles. The molecule has 1 atom stereocenters. The minimum Gasteiger partial charge on any atom is -0.497 e. The lowest BCUT2D eigenvalue weighted by molar-refractivity contribution is 0.172. The van der Waals surface area contributed by atoms with E-state index in [4.69, 9.17) is 4.74 Å². The SMILES string of the molecule is CCn1cc([C@H]2c3[nH]c4ccc(OC)cc4c3CCN2C(=O)NC2CCCCC2)cn1. The number of aryl methyl sites for hydroxylation is 1. The average Bonchev–Trinajstić information content (AvgIpc) is 3.43. The van der Waals surface area contributed by atoms with Crippen molar-refractivity contribution in [2.75, 3.05) is 13.7 Å². The van der Waals surface area contributed by atoms with Gasteiger partial charge < -0.3 is 19.9 Å². The first kappa shape index (κ1) is 20.0. The number of aromatic nitrogens is 3. The third-order valence-corrected chi connectivity index (χ3v) is 6.82. The number of hydrogen-bond donors (Lipinski definition) is 2. The summed E-state index contributed by atoms with van der Waals surface area (Å²) in [5, 5.41) is 8.99. The Morgan fingerprint density at radius 3 is 2.87 bits per heavy atom. The standard InChI is InChI=1S/C24H31N5O2/c1-3-28-15-16(14-25-28)23-22-19(20-13-18(31-2)9-10-21(20)27-22)11-12-29(23)24(30)26-17-7-5-4-6-8-17/h9-10,13-15,17,23,27H,3-8,11-12H2,1-2H3,(H,26,30)/t23-/m0/s1. The Morgan fingerprint density at radius 1 is 1.29 bits per heavy atom. The van der Waals surface area contributed by atoms with E-state index in [0.717, 1.165) is 48.3 Å². The van der Waals surface area contributed by atoms with Crippen molar-refractivity contribution in [1.29, 1.82) is 0 Å². The lowest BCUT2D eigenvalue weighted by Crippen LogP contribution is -2.49. The van der Waals surface area contributed by atoms with Crippen molar-refractivity contribution < 1.29 is 9.53 Å². The van der Waals surface area contributed by atoms with Crippen molar-refractivity contribution in [3.05, 3.63) is 47.4 Å². The van der Waals surface area contributed by atoms with Crippen LogP contribution in [0.25, 0.3) is 10.9 Å². The van der Waals surface area contributed by atoms with Gasteiger partial charge in [0.25, 0.3) is 0 Å². The van der Waals surface area contributed by atoms with E-state index < -0.39 is 0 Å². The van der Waals surface area contributed by atoms with E-state index in [1.807, 2.05) is 21.8 Å². The van der Waals surface area contributed by atoms with E-state index in [1.165, 1.54) is 30.2 Å².